The molecule has 1 fully saturated rings. The first-order chi connectivity index (χ1) is 13.6. The van der Waals surface area contributed by atoms with Crippen LogP contribution in [0.3, 0.4) is 0 Å². The summed E-state index contributed by atoms with van der Waals surface area (Å²) in [4.78, 5) is 14.8. The maximum absolute atomic E-state index is 12.9. The van der Waals surface area contributed by atoms with Crippen LogP contribution in [0.15, 0.2) is 27.6 Å². The van der Waals surface area contributed by atoms with Crippen molar-refractivity contribution in [1.29, 1.82) is 0 Å². The van der Waals surface area contributed by atoms with Crippen molar-refractivity contribution in [3.8, 4) is 0 Å². The fourth-order valence-corrected chi connectivity index (χ4v) is 4.80. The summed E-state index contributed by atoms with van der Waals surface area (Å²) in [6.07, 6.45) is 0. The van der Waals surface area contributed by atoms with E-state index in [9.17, 15) is 18.5 Å². The van der Waals surface area contributed by atoms with Gasteiger partial charge in [0, 0.05) is 51.4 Å². The fourth-order valence-electron chi connectivity index (χ4n) is 3.36. The van der Waals surface area contributed by atoms with E-state index in [-0.39, 0.29) is 10.6 Å². The molecule has 0 spiro atoms. The van der Waals surface area contributed by atoms with Crippen molar-refractivity contribution in [3.63, 3.8) is 0 Å². The molecule has 1 saturated heterocycles. The van der Waals surface area contributed by atoms with E-state index in [1.54, 1.807) is 25.8 Å². The van der Waals surface area contributed by atoms with Gasteiger partial charge in [0.2, 0.25) is 10.0 Å². The lowest BCUT2D eigenvalue weighted by Gasteiger charge is -2.31. The smallest absolute Gasteiger partial charge is 0.293 e. The molecular weight excluding hydrogens is 398 g/mol. The second kappa shape index (κ2) is 8.09. The van der Waals surface area contributed by atoms with Crippen LogP contribution in [0.25, 0.3) is 0 Å². The van der Waals surface area contributed by atoms with Crippen molar-refractivity contribution in [3.05, 3.63) is 45.3 Å². The van der Waals surface area contributed by atoms with Gasteiger partial charge in [-0.25, -0.2) is 8.42 Å². The Morgan fingerprint density at radius 2 is 1.90 bits per heavy atom. The Hall–Kier alpha value is -2.50. The minimum atomic E-state index is -3.79. The topological polar surface area (TPSA) is 113 Å². The van der Waals surface area contributed by atoms with Crippen molar-refractivity contribution in [1.82, 2.24) is 14.4 Å². The lowest BCUT2D eigenvalue weighted by atomic mass is 10.1. The second-order valence-corrected chi connectivity index (χ2v) is 9.21. The number of nitrogens with zero attached hydrogens (tertiary/aromatic N) is 5. The van der Waals surface area contributed by atoms with Crippen LogP contribution in [0.1, 0.15) is 17.0 Å². The number of hydrogen-bond acceptors (Lipinski definition) is 8. The zero-order chi connectivity index (χ0) is 21.3. The summed E-state index contributed by atoms with van der Waals surface area (Å²) in [5.41, 5.74) is 1.63. The predicted molar refractivity (Wildman–Crippen MR) is 107 cm³/mol. The van der Waals surface area contributed by atoms with Gasteiger partial charge in [-0.3, -0.25) is 10.1 Å². The van der Waals surface area contributed by atoms with Gasteiger partial charge in [0.15, 0.2) is 0 Å². The Labute approximate surface area is 169 Å². The number of rotatable bonds is 6. The molecule has 1 aromatic heterocycles. The predicted octanol–water partition coefficient (Wildman–Crippen LogP) is 1.77. The molecule has 11 heteroatoms. The number of aromatic nitrogens is 1. The molecule has 2 heterocycles. The van der Waals surface area contributed by atoms with Crippen molar-refractivity contribution < 1.29 is 17.9 Å². The van der Waals surface area contributed by atoms with Crippen LogP contribution in [0.5, 0.6) is 0 Å². The van der Waals surface area contributed by atoms with Crippen molar-refractivity contribution in [2.75, 3.05) is 45.2 Å². The molecular formula is C18H25N5O5S. The van der Waals surface area contributed by atoms with Crippen molar-refractivity contribution >= 4 is 21.4 Å². The highest BCUT2D eigenvalue weighted by Gasteiger charge is 2.30. The van der Waals surface area contributed by atoms with Gasteiger partial charge in [0.25, 0.3) is 5.69 Å². The van der Waals surface area contributed by atoms with E-state index < -0.39 is 14.9 Å². The molecule has 2 aromatic rings. The Bertz CT molecular complexity index is 992. The van der Waals surface area contributed by atoms with Crippen LogP contribution in [-0.2, 0) is 16.6 Å². The molecule has 0 unspecified atom stereocenters. The molecule has 0 saturated carbocycles. The monoisotopic (exact) mass is 423 g/mol. The Morgan fingerprint density at radius 3 is 2.45 bits per heavy atom. The highest BCUT2D eigenvalue weighted by Crippen LogP contribution is 2.32. The number of piperazine rings is 1. The first kappa shape index (κ1) is 21.2. The molecule has 0 aliphatic carbocycles. The van der Waals surface area contributed by atoms with Crippen LogP contribution >= 0.6 is 0 Å². The lowest BCUT2D eigenvalue weighted by molar-refractivity contribution is -0.384. The quantitative estimate of drug-likeness (QED) is 0.510. The molecule has 0 radical (unpaired) electrons. The summed E-state index contributed by atoms with van der Waals surface area (Å²) < 4.78 is 32.4. The van der Waals surface area contributed by atoms with Crippen molar-refractivity contribution in [2.45, 2.75) is 25.3 Å². The molecule has 3 rings (SSSR count). The third kappa shape index (κ3) is 4.26. The molecule has 1 aliphatic heterocycles. The van der Waals surface area contributed by atoms with E-state index in [4.69, 9.17) is 4.52 Å². The molecule has 0 amide bonds. The van der Waals surface area contributed by atoms with E-state index in [0.717, 1.165) is 11.6 Å². The van der Waals surface area contributed by atoms with E-state index in [1.807, 2.05) is 11.9 Å². The Morgan fingerprint density at radius 1 is 1.24 bits per heavy atom. The number of hydrogen-bond donors (Lipinski definition) is 0. The summed E-state index contributed by atoms with van der Waals surface area (Å²) in [7, 11) is -0.148. The third-order valence-corrected chi connectivity index (χ3v) is 7.13. The first-order valence-electron chi connectivity index (χ1n) is 9.21. The third-order valence-electron chi connectivity index (χ3n) is 5.23. The van der Waals surface area contributed by atoms with Gasteiger partial charge in [-0.15, -0.1) is 0 Å². The van der Waals surface area contributed by atoms with E-state index in [1.165, 1.54) is 16.4 Å². The van der Waals surface area contributed by atoms with Gasteiger partial charge in [-0.1, -0.05) is 5.16 Å². The van der Waals surface area contributed by atoms with Gasteiger partial charge >= 0.3 is 0 Å². The zero-order valence-corrected chi connectivity index (χ0v) is 17.8. The molecule has 1 aliphatic rings. The van der Waals surface area contributed by atoms with Crippen LogP contribution in [-0.4, -0.2) is 68.0 Å². The number of benzene rings is 1. The number of nitro benzene ring substituents is 1. The van der Waals surface area contributed by atoms with Gasteiger partial charge in [-0.05, 0) is 33.0 Å². The highest BCUT2D eigenvalue weighted by molar-refractivity contribution is 7.89. The molecule has 29 heavy (non-hydrogen) atoms. The molecule has 10 nitrogen and oxygen atoms in total. The van der Waals surface area contributed by atoms with Gasteiger partial charge in [0.05, 0.1) is 15.5 Å². The zero-order valence-electron chi connectivity index (χ0n) is 17.0. The highest BCUT2D eigenvalue weighted by atomic mass is 32.2. The molecule has 1 aromatic carbocycles. The summed E-state index contributed by atoms with van der Waals surface area (Å²) in [6, 6.07) is 4.06. The Kier molecular flexibility index (Phi) is 5.92. The lowest BCUT2D eigenvalue weighted by Crippen LogP contribution is -2.47. The SMILES string of the molecule is Cc1noc(C)c1CN(C)c1ccc(S(=O)(=O)N2CCN(C)CC2)cc1[N+](=O)[O-]. The van der Waals surface area contributed by atoms with Gasteiger partial charge < -0.3 is 14.3 Å². The van der Waals surface area contributed by atoms with E-state index in [0.29, 0.717) is 49.9 Å². The summed E-state index contributed by atoms with van der Waals surface area (Å²) in [5, 5.41) is 15.6. The van der Waals surface area contributed by atoms with E-state index >= 15 is 0 Å². The maximum Gasteiger partial charge on any atom is 0.293 e. The molecule has 0 bridgehead atoms. The minimum absolute atomic E-state index is 0.0664. The number of sulfonamides is 1. The minimum Gasteiger partial charge on any atom is -0.365 e. The first-order valence-corrected chi connectivity index (χ1v) is 10.6. The van der Waals surface area contributed by atoms with Crippen molar-refractivity contribution in [2.24, 2.45) is 0 Å². The van der Waals surface area contributed by atoms with Crippen LogP contribution < -0.4 is 4.90 Å². The maximum atomic E-state index is 12.9. The molecule has 0 N–H and O–H groups in total. The summed E-state index contributed by atoms with van der Waals surface area (Å²) in [6.45, 7) is 5.91. The molecule has 0 atom stereocenters. The van der Waals surface area contributed by atoms with Crippen LogP contribution in [0, 0.1) is 24.0 Å². The van der Waals surface area contributed by atoms with Crippen LogP contribution in [0.2, 0.25) is 0 Å². The summed E-state index contributed by atoms with van der Waals surface area (Å²) >= 11 is 0. The second-order valence-electron chi connectivity index (χ2n) is 7.27. The number of nitro groups is 1. The fraction of sp³-hybridized carbons (Fsp3) is 0.500. The van der Waals surface area contributed by atoms with Crippen LogP contribution in [0.4, 0.5) is 11.4 Å². The average Bonchev–Trinajstić information content (AvgIpc) is 2.99. The number of anilines is 1. The summed E-state index contributed by atoms with van der Waals surface area (Å²) in [5.74, 6) is 0.645. The van der Waals surface area contributed by atoms with Gasteiger partial charge in [0.1, 0.15) is 11.4 Å². The average molecular weight is 423 g/mol. The normalized spacial score (nSPS) is 16.1. The standard InChI is InChI=1S/C18H25N5O5S/c1-13-16(14(2)28-19-13)12-21(4)17-6-5-15(11-18(17)23(24)25)29(26,27)22-9-7-20(3)8-10-22/h5-6,11H,7-10,12H2,1-4H3. The number of aryl methyl sites for hydroxylation is 2. The largest absolute Gasteiger partial charge is 0.365 e. The number of likely N-dealkylation sites (N-methyl/N-ethyl adjacent to an activating group) is 1. The van der Waals surface area contributed by atoms with Gasteiger partial charge in [-0.2, -0.15) is 4.31 Å². The van der Waals surface area contributed by atoms with E-state index in [2.05, 4.69) is 5.16 Å². The molecule has 158 valence electrons. The Balaban J connectivity index is 1.92.